The molecule has 100 valence electrons. The monoisotopic (exact) mass is 259 g/mol. The maximum atomic E-state index is 13.0. The zero-order valence-electron chi connectivity index (χ0n) is 10.7. The van der Waals surface area contributed by atoms with Crippen LogP contribution < -0.4 is 5.32 Å². The third-order valence-electron chi connectivity index (χ3n) is 3.00. The van der Waals surface area contributed by atoms with Crippen LogP contribution in [-0.2, 0) is 6.42 Å². The normalized spacial score (nSPS) is 12.3. The molecule has 2 nitrogen and oxygen atoms in total. The van der Waals surface area contributed by atoms with E-state index in [0.717, 1.165) is 13.0 Å². The molecule has 19 heavy (non-hydrogen) atoms. The van der Waals surface area contributed by atoms with Gasteiger partial charge in [-0.05, 0) is 36.2 Å². The Morgan fingerprint density at radius 1 is 1.05 bits per heavy atom. The quantitative estimate of drug-likeness (QED) is 0.782. The molecule has 0 saturated heterocycles. The molecule has 0 aliphatic heterocycles. The highest BCUT2D eigenvalue weighted by molar-refractivity contribution is 5.19. The van der Waals surface area contributed by atoms with Gasteiger partial charge in [-0.25, -0.2) is 4.39 Å². The summed E-state index contributed by atoms with van der Waals surface area (Å²) in [5.74, 6) is -0.319. The molecular formula is C16H18FNO. The molecule has 1 unspecified atom stereocenters. The van der Waals surface area contributed by atoms with Gasteiger partial charge in [0.05, 0.1) is 6.10 Å². The van der Waals surface area contributed by atoms with Gasteiger partial charge in [0.25, 0.3) is 0 Å². The molecule has 2 N–H and O–H groups in total. The zero-order chi connectivity index (χ0) is 13.5. The van der Waals surface area contributed by atoms with Crippen LogP contribution in [0, 0.1) is 5.82 Å². The number of aliphatic hydroxyl groups is 1. The molecule has 2 aromatic rings. The van der Waals surface area contributed by atoms with E-state index in [1.54, 1.807) is 12.1 Å². The number of halogens is 1. The van der Waals surface area contributed by atoms with Gasteiger partial charge in [0.15, 0.2) is 0 Å². The maximum absolute atomic E-state index is 13.0. The Kier molecular flexibility index (Phi) is 5.07. The van der Waals surface area contributed by atoms with Gasteiger partial charge in [-0.15, -0.1) is 0 Å². The van der Waals surface area contributed by atoms with E-state index in [9.17, 15) is 9.50 Å². The fourth-order valence-electron chi connectivity index (χ4n) is 1.95. The van der Waals surface area contributed by atoms with E-state index in [1.807, 2.05) is 18.2 Å². The van der Waals surface area contributed by atoms with Crippen molar-refractivity contribution < 1.29 is 9.50 Å². The summed E-state index contributed by atoms with van der Waals surface area (Å²) in [6.07, 6.45) is 0.239. The number of hydrogen-bond acceptors (Lipinski definition) is 2. The van der Waals surface area contributed by atoms with Crippen LogP contribution in [0.2, 0.25) is 0 Å². The van der Waals surface area contributed by atoms with Gasteiger partial charge < -0.3 is 10.4 Å². The van der Waals surface area contributed by atoms with Gasteiger partial charge in [0, 0.05) is 6.54 Å². The maximum Gasteiger partial charge on any atom is 0.123 e. The lowest BCUT2D eigenvalue weighted by atomic mass is 10.1. The predicted octanol–water partition coefficient (Wildman–Crippen LogP) is 2.69. The van der Waals surface area contributed by atoms with Gasteiger partial charge in [0.2, 0.25) is 0 Å². The van der Waals surface area contributed by atoms with Gasteiger partial charge in [-0.2, -0.15) is 0 Å². The standard InChI is InChI=1S/C16H18FNO/c17-15-8-4-7-14(11-15)16(19)12-18-10-9-13-5-2-1-3-6-13/h1-8,11,16,18-19H,9-10,12H2. The number of aliphatic hydroxyl groups excluding tert-OH is 1. The first-order valence-electron chi connectivity index (χ1n) is 6.44. The van der Waals surface area contributed by atoms with E-state index in [-0.39, 0.29) is 5.82 Å². The molecule has 2 aromatic carbocycles. The van der Waals surface area contributed by atoms with Crippen molar-refractivity contribution in [2.45, 2.75) is 12.5 Å². The summed E-state index contributed by atoms with van der Waals surface area (Å²) in [6.45, 7) is 1.21. The van der Waals surface area contributed by atoms with Crippen molar-refractivity contribution in [1.82, 2.24) is 5.32 Å². The topological polar surface area (TPSA) is 32.3 Å². The molecule has 0 spiro atoms. The Labute approximate surface area is 112 Å². The van der Waals surface area contributed by atoms with Gasteiger partial charge in [-0.1, -0.05) is 42.5 Å². The van der Waals surface area contributed by atoms with Crippen LogP contribution in [-0.4, -0.2) is 18.2 Å². The number of nitrogens with one attached hydrogen (secondary N) is 1. The van der Waals surface area contributed by atoms with Crippen LogP contribution in [0.4, 0.5) is 4.39 Å². The van der Waals surface area contributed by atoms with E-state index in [2.05, 4.69) is 17.4 Å². The van der Waals surface area contributed by atoms with Gasteiger partial charge in [0.1, 0.15) is 5.82 Å². The van der Waals surface area contributed by atoms with Crippen LogP contribution >= 0.6 is 0 Å². The molecule has 0 saturated carbocycles. The molecule has 3 heteroatoms. The van der Waals surface area contributed by atoms with Crippen molar-refractivity contribution in [3.63, 3.8) is 0 Å². The van der Waals surface area contributed by atoms with Gasteiger partial charge >= 0.3 is 0 Å². The molecule has 0 fully saturated rings. The molecule has 0 bridgehead atoms. The van der Waals surface area contributed by atoms with Gasteiger partial charge in [-0.3, -0.25) is 0 Å². The molecule has 0 aliphatic rings. The average molecular weight is 259 g/mol. The second kappa shape index (κ2) is 7.02. The summed E-state index contributed by atoms with van der Waals surface area (Å²) in [7, 11) is 0. The van der Waals surface area contributed by atoms with Crippen molar-refractivity contribution in [2.75, 3.05) is 13.1 Å². The highest BCUT2D eigenvalue weighted by Gasteiger charge is 2.07. The van der Waals surface area contributed by atoms with Crippen LogP contribution in [0.1, 0.15) is 17.2 Å². The second-order valence-corrected chi connectivity index (χ2v) is 4.51. The first kappa shape index (κ1) is 13.7. The van der Waals surface area contributed by atoms with E-state index in [1.165, 1.54) is 17.7 Å². The lowest BCUT2D eigenvalue weighted by Gasteiger charge is -2.12. The molecule has 0 heterocycles. The lowest BCUT2D eigenvalue weighted by Crippen LogP contribution is -2.23. The van der Waals surface area contributed by atoms with Crippen molar-refractivity contribution in [3.05, 3.63) is 71.5 Å². The molecule has 1 atom stereocenters. The van der Waals surface area contributed by atoms with E-state index >= 15 is 0 Å². The van der Waals surface area contributed by atoms with Crippen molar-refractivity contribution in [3.8, 4) is 0 Å². The Bertz CT molecular complexity index is 501. The molecule has 0 aromatic heterocycles. The van der Waals surface area contributed by atoms with Crippen LogP contribution in [0.25, 0.3) is 0 Å². The highest BCUT2D eigenvalue weighted by Crippen LogP contribution is 2.12. The zero-order valence-corrected chi connectivity index (χ0v) is 10.7. The summed E-state index contributed by atoms with van der Waals surface area (Å²) in [6, 6.07) is 16.2. The summed E-state index contributed by atoms with van der Waals surface area (Å²) in [5.41, 5.74) is 1.86. The summed E-state index contributed by atoms with van der Waals surface area (Å²) in [4.78, 5) is 0. The highest BCUT2D eigenvalue weighted by atomic mass is 19.1. The molecule has 0 amide bonds. The third-order valence-corrected chi connectivity index (χ3v) is 3.00. The van der Waals surface area contributed by atoms with E-state index < -0.39 is 6.10 Å². The largest absolute Gasteiger partial charge is 0.387 e. The third kappa shape index (κ3) is 4.47. The summed E-state index contributed by atoms with van der Waals surface area (Å²) < 4.78 is 13.0. The fourth-order valence-corrected chi connectivity index (χ4v) is 1.95. The number of hydrogen-bond donors (Lipinski definition) is 2. The Morgan fingerprint density at radius 2 is 1.84 bits per heavy atom. The fraction of sp³-hybridized carbons (Fsp3) is 0.250. The minimum atomic E-state index is -0.675. The Balaban J connectivity index is 1.74. The second-order valence-electron chi connectivity index (χ2n) is 4.51. The molecule has 0 radical (unpaired) electrons. The SMILES string of the molecule is OC(CNCCc1ccccc1)c1cccc(F)c1. The summed E-state index contributed by atoms with van der Waals surface area (Å²) >= 11 is 0. The average Bonchev–Trinajstić information content (AvgIpc) is 2.44. The van der Waals surface area contributed by atoms with Crippen molar-refractivity contribution >= 4 is 0 Å². The lowest BCUT2D eigenvalue weighted by molar-refractivity contribution is 0.174. The number of rotatable bonds is 6. The first-order valence-corrected chi connectivity index (χ1v) is 6.44. The summed E-state index contributed by atoms with van der Waals surface area (Å²) in [5, 5.41) is 13.1. The van der Waals surface area contributed by atoms with E-state index in [4.69, 9.17) is 0 Å². The minimum absolute atomic E-state index is 0.319. The van der Waals surface area contributed by atoms with Crippen LogP contribution in [0.3, 0.4) is 0 Å². The van der Waals surface area contributed by atoms with Crippen molar-refractivity contribution in [2.24, 2.45) is 0 Å². The first-order chi connectivity index (χ1) is 9.25. The smallest absolute Gasteiger partial charge is 0.123 e. The van der Waals surface area contributed by atoms with Crippen LogP contribution in [0.5, 0.6) is 0 Å². The predicted molar refractivity (Wildman–Crippen MR) is 74.4 cm³/mol. The molecular weight excluding hydrogens is 241 g/mol. The van der Waals surface area contributed by atoms with Crippen LogP contribution in [0.15, 0.2) is 54.6 Å². The molecule has 0 aliphatic carbocycles. The van der Waals surface area contributed by atoms with E-state index in [0.29, 0.717) is 12.1 Å². The number of benzene rings is 2. The Morgan fingerprint density at radius 3 is 2.58 bits per heavy atom. The van der Waals surface area contributed by atoms with Crippen molar-refractivity contribution in [1.29, 1.82) is 0 Å². The molecule has 2 rings (SSSR count). The minimum Gasteiger partial charge on any atom is -0.387 e. The Hall–Kier alpha value is -1.71.